The van der Waals surface area contributed by atoms with Crippen LogP contribution < -0.4 is 10.1 Å². The van der Waals surface area contributed by atoms with Crippen molar-refractivity contribution in [2.75, 3.05) is 0 Å². The van der Waals surface area contributed by atoms with Crippen LogP contribution in [0.2, 0.25) is 5.02 Å². The molecule has 0 radical (unpaired) electrons. The van der Waals surface area contributed by atoms with Crippen LogP contribution in [0.5, 0.6) is 0 Å². The quantitative estimate of drug-likeness (QED) is 0.441. The fourth-order valence-corrected chi connectivity index (χ4v) is 3.66. The van der Waals surface area contributed by atoms with Crippen molar-refractivity contribution in [2.24, 2.45) is 5.10 Å². The van der Waals surface area contributed by atoms with Crippen LogP contribution in [0.15, 0.2) is 81.3 Å². The van der Waals surface area contributed by atoms with Gasteiger partial charge in [-0.05, 0) is 48.9 Å². The number of nitrogens with one attached hydrogen (secondary N) is 2. The summed E-state index contributed by atoms with van der Waals surface area (Å²) in [5.74, 6) is 0.0821. The summed E-state index contributed by atoms with van der Waals surface area (Å²) >= 11 is 5.99. The van der Waals surface area contributed by atoms with Gasteiger partial charge in [0, 0.05) is 0 Å². The minimum atomic E-state index is -3.68. The molecule has 3 rings (SSSR count). The first-order valence-corrected chi connectivity index (χ1v) is 10.4. The SMILES string of the molecule is C/C(=N\NC(=O)c1ccccc1Cl)c1ccc(S(=O)(=O)NCc2ccco2)cc1. The normalized spacial score (nSPS) is 12.0. The van der Waals surface area contributed by atoms with Crippen molar-refractivity contribution in [3.05, 3.63) is 88.8 Å². The molecule has 0 bridgehead atoms. The first-order valence-electron chi connectivity index (χ1n) is 8.58. The molecule has 0 aliphatic rings. The molecule has 0 fully saturated rings. The maximum Gasteiger partial charge on any atom is 0.272 e. The number of carbonyl (C=O) groups excluding carboxylic acids is 1. The molecule has 0 saturated carbocycles. The van der Waals surface area contributed by atoms with E-state index in [0.29, 0.717) is 27.6 Å². The molecule has 3 aromatic rings. The van der Waals surface area contributed by atoms with Crippen LogP contribution in [0.4, 0.5) is 0 Å². The Kier molecular flexibility index (Phi) is 6.48. The summed E-state index contributed by atoms with van der Waals surface area (Å²) in [6, 6.07) is 16.2. The Bertz CT molecular complexity index is 1120. The van der Waals surface area contributed by atoms with E-state index in [1.165, 1.54) is 18.4 Å². The standard InChI is InChI=1S/C20H18ClN3O4S/c1-14(23-24-20(25)18-6-2-3-7-19(18)21)15-8-10-17(11-9-15)29(26,27)22-13-16-5-4-12-28-16/h2-12,22H,13H2,1H3,(H,24,25)/b23-14+. The number of nitrogens with zero attached hydrogens (tertiary/aromatic N) is 1. The number of sulfonamides is 1. The minimum Gasteiger partial charge on any atom is -0.468 e. The highest BCUT2D eigenvalue weighted by Gasteiger charge is 2.15. The molecule has 1 amide bonds. The molecule has 7 nitrogen and oxygen atoms in total. The molecule has 0 unspecified atom stereocenters. The van der Waals surface area contributed by atoms with Crippen molar-refractivity contribution in [1.82, 2.24) is 10.1 Å². The number of halogens is 1. The second-order valence-corrected chi connectivity index (χ2v) is 8.22. The third-order valence-corrected chi connectivity index (χ3v) is 5.79. The molecule has 1 aromatic heterocycles. The van der Waals surface area contributed by atoms with Gasteiger partial charge in [-0.3, -0.25) is 4.79 Å². The minimum absolute atomic E-state index is 0.0612. The fourth-order valence-electron chi connectivity index (χ4n) is 2.44. The summed E-state index contributed by atoms with van der Waals surface area (Å²) in [4.78, 5) is 12.3. The summed E-state index contributed by atoms with van der Waals surface area (Å²) in [5.41, 5.74) is 3.93. The Labute approximate surface area is 173 Å². The molecule has 0 spiro atoms. The molecule has 0 aliphatic carbocycles. The molecule has 0 aliphatic heterocycles. The van der Waals surface area contributed by atoms with Gasteiger partial charge in [0.25, 0.3) is 5.91 Å². The Hall–Kier alpha value is -2.94. The van der Waals surface area contributed by atoms with Gasteiger partial charge in [-0.2, -0.15) is 5.10 Å². The largest absolute Gasteiger partial charge is 0.468 e. The summed E-state index contributed by atoms with van der Waals surface area (Å²) in [7, 11) is -3.68. The average molecular weight is 432 g/mol. The molecule has 0 atom stereocenters. The number of furan rings is 1. The Balaban J connectivity index is 1.66. The van der Waals surface area contributed by atoms with Gasteiger partial charge < -0.3 is 4.42 Å². The van der Waals surface area contributed by atoms with Gasteiger partial charge in [-0.15, -0.1) is 0 Å². The van der Waals surface area contributed by atoms with E-state index in [4.69, 9.17) is 16.0 Å². The number of hydrazone groups is 1. The summed E-state index contributed by atoms with van der Waals surface area (Å²) in [6.45, 7) is 1.76. The first kappa shape index (κ1) is 20.8. The Morgan fingerprint density at radius 1 is 1.07 bits per heavy atom. The molecule has 2 aromatic carbocycles. The van der Waals surface area contributed by atoms with Crippen LogP contribution in [0.1, 0.15) is 28.6 Å². The highest BCUT2D eigenvalue weighted by atomic mass is 35.5. The van der Waals surface area contributed by atoms with Crippen LogP contribution in [0.25, 0.3) is 0 Å². The first-order chi connectivity index (χ1) is 13.9. The van der Waals surface area contributed by atoms with E-state index >= 15 is 0 Å². The van der Waals surface area contributed by atoms with Crippen LogP contribution >= 0.6 is 11.6 Å². The van der Waals surface area contributed by atoms with Crippen molar-refractivity contribution in [3.8, 4) is 0 Å². The number of rotatable bonds is 7. The van der Waals surface area contributed by atoms with E-state index in [-0.39, 0.29) is 11.4 Å². The number of amides is 1. The molecule has 150 valence electrons. The zero-order valence-corrected chi connectivity index (χ0v) is 17.0. The predicted molar refractivity (Wildman–Crippen MR) is 110 cm³/mol. The second-order valence-electron chi connectivity index (χ2n) is 6.05. The molecule has 1 heterocycles. The monoisotopic (exact) mass is 431 g/mol. The van der Waals surface area contributed by atoms with E-state index in [1.54, 1.807) is 55.5 Å². The molecule has 9 heteroatoms. The van der Waals surface area contributed by atoms with E-state index in [0.717, 1.165) is 0 Å². The lowest BCUT2D eigenvalue weighted by molar-refractivity contribution is 0.0955. The van der Waals surface area contributed by atoms with Crippen molar-refractivity contribution < 1.29 is 17.6 Å². The van der Waals surface area contributed by atoms with Gasteiger partial charge in [0.15, 0.2) is 0 Å². The van der Waals surface area contributed by atoms with Gasteiger partial charge in [0.1, 0.15) is 5.76 Å². The summed E-state index contributed by atoms with van der Waals surface area (Å²) in [6.07, 6.45) is 1.48. The van der Waals surface area contributed by atoms with E-state index < -0.39 is 15.9 Å². The third kappa shape index (κ3) is 5.32. The molecule has 2 N–H and O–H groups in total. The van der Waals surface area contributed by atoms with Crippen molar-refractivity contribution in [1.29, 1.82) is 0 Å². The molecule has 29 heavy (non-hydrogen) atoms. The van der Waals surface area contributed by atoms with Crippen LogP contribution in [0, 0.1) is 0 Å². The van der Waals surface area contributed by atoms with Crippen LogP contribution in [-0.4, -0.2) is 20.0 Å². The van der Waals surface area contributed by atoms with Gasteiger partial charge in [-0.1, -0.05) is 35.9 Å². The maximum absolute atomic E-state index is 12.4. The fraction of sp³-hybridized carbons (Fsp3) is 0.100. The maximum atomic E-state index is 12.4. The average Bonchev–Trinajstić information content (AvgIpc) is 3.24. The van der Waals surface area contributed by atoms with Crippen molar-refractivity contribution in [3.63, 3.8) is 0 Å². The van der Waals surface area contributed by atoms with E-state index in [2.05, 4.69) is 15.2 Å². The molecule has 0 saturated heterocycles. The van der Waals surface area contributed by atoms with Crippen LogP contribution in [0.3, 0.4) is 0 Å². The number of benzene rings is 2. The van der Waals surface area contributed by atoms with Gasteiger partial charge in [0.2, 0.25) is 10.0 Å². The summed E-state index contributed by atoms with van der Waals surface area (Å²) < 4.78 is 32.3. The lowest BCUT2D eigenvalue weighted by Crippen LogP contribution is -2.23. The second kappa shape index (κ2) is 9.04. The van der Waals surface area contributed by atoms with Gasteiger partial charge in [0.05, 0.1) is 34.0 Å². The smallest absolute Gasteiger partial charge is 0.272 e. The molecular weight excluding hydrogens is 414 g/mol. The predicted octanol–water partition coefficient (Wildman–Crippen LogP) is 3.57. The van der Waals surface area contributed by atoms with Crippen LogP contribution in [-0.2, 0) is 16.6 Å². The lowest BCUT2D eigenvalue weighted by atomic mass is 10.1. The topological polar surface area (TPSA) is 101 Å². The van der Waals surface area contributed by atoms with Crippen molar-refractivity contribution in [2.45, 2.75) is 18.4 Å². The zero-order chi connectivity index (χ0) is 20.9. The lowest BCUT2D eigenvalue weighted by Gasteiger charge is -2.07. The molecular formula is C20H18ClN3O4S. The van der Waals surface area contributed by atoms with E-state index in [1.807, 2.05) is 0 Å². The van der Waals surface area contributed by atoms with Crippen molar-refractivity contribution >= 4 is 33.2 Å². The highest BCUT2D eigenvalue weighted by Crippen LogP contribution is 2.15. The zero-order valence-electron chi connectivity index (χ0n) is 15.4. The van der Waals surface area contributed by atoms with E-state index in [9.17, 15) is 13.2 Å². The third-order valence-electron chi connectivity index (χ3n) is 4.04. The van der Waals surface area contributed by atoms with Gasteiger partial charge in [-0.25, -0.2) is 18.6 Å². The Morgan fingerprint density at radius 3 is 2.45 bits per heavy atom. The Morgan fingerprint density at radius 2 is 1.79 bits per heavy atom. The number of hydrogen-bond donors (Lipinski definition) is 2. The number of hydrogen-bond acceptors (Lipinski definition) is 5. The van der Waals surface area contributed by atoms with Gasteiger partial charge >= 0.3 is 0 Å². The number of carbonyl (C=O) groups is 1. The highest BCUT2D eigenvalue weighted by molar-refractivity contribution is 7.89. The summed E-state index contributed by atoms with van der Waals surface area (Å²) in [5, 5.41) is 4.38.